The second kappa shape index (κ2) is 5.16. The number of aliphatic carboxylic acids is 1. The summed E-state index contributed by atoms with van der Waals surface area (Å²) in [6, 6.07) is 7.76. The Morgan fingerprint density at radius 3 is 2.65 bits per heavy atom. The Morgan fingerprint density at radius 2 is 2.12 bits per heavy atom. The number of rotatable bonds is 3. The zero-order valence-electron chi connectivity index (χ0n) is 9.37. The van der Waals surface area contributed by atoms with E-state index < -0.39 is 11.5 Å². The van der Waals surface area contributed by atoms with Crippen LogP contribution in [0.4, 0.5) is 0 Å². The van der Waals surface area contributed by atoms with E-state index in [-0.39, 0.29) is 0 Å². The van der Waals surface area contributed by atoms with E-state index >= 15 is 0 Å². The molecule has 0 amide bonds. The molecular formula is C12H15BrN2O2. The molecule has 1 aliphatic rings. The SMILES string of the molecule is O=C(O)C1(Cc2ccc(Br)cc2)CCCNN1. The highest BCUT2D eigenvalue weighted by Gasteiger charge is 2.39. The molecule has 0 saturated carbocycles. The molecule has 0 spiro atoms. The predicted octanol–water partition coefficient (Wildman–Crippen LogP) is 1.70. The first-order valence-corrected chi connectivity index (χ1v) is 6.40. The number of carboxylic acid groups (broad SMARTS) is 1. The maximum atomic E-state index is 11.4. The van der Waals surface area contributed by atoms with Crippen LogP contribution in [-0.4, -0.2) is 23.2 Å². The summed E-state index contributed by atoms with van der Waals surface area (Å²) in [5.41, 5.74) is 6.02. The lowest BCUT2D eigenvalue weighted by atomic mass is 9.86. The molecule has 92 valence electrons. The summed E-state index contributed by atoms with van der Waals surface area (Å²) < 4.78 is 1.00. The average Bonchev–Trinajstić information content (AvgIpc) is 2.33. The van der Waals surface area contributed by atoms with Gasteiger partial charge in [-0.3, -0.25) is 10.2 Å². The highest BCUT2D eigenvalue weighted by Crippen LogP contribution is 2.22. The summed E-state index contributed by atoms with van der Waals surface area (Å²) in [6.07, 6.45) is 2.00. The molecule has 0 radical (unpaired) electrons. The van der Waals surface area contributed by atoms with Crippen molar-refractivity contribution in [3.8, 4) is 0 Å². The summed E-state index contributed by atoms with van der Waals surface area (Å²) in [4.78, 5) is 11.4. The molecule has 1 fully saturated rings. The molecule has 1 atom stereocenters. The van der Waals surface area contributed by atoms with Gasteiger partial charge in [0.2, 0.25) is 0 Å². The number of carbonyl (C=O) groups is 1. The minimum atomic E-state index is -0.883. The van der Waals surface area contributed by atoms with Gasteiger partial charge in [0.05, 0.1) is 0 Å². The molecule has 17 heavy (non-hydrogen) atoms. The first kappa shape index (κ1) is 12.5. The van der Waals surface area contributed by atoms with Crippen LogP contribution >= 0.6 is 15.9 Å². The van der Waals surface area contributed by atoms with E-state index in [1.165, 1.54) is 0 Å². The largest absolute Gasteiger partial charge is 0.480 e. The van der Waals surface area contributed by atoms with Crippen molar-refractivity contribution in [2.24, 2.45) is 0 Å². The van der Waals surface area contributed by atoms with E-state index in [9.17, 15) is 9.90 Å². The van der Waals surface area contributed by atoms with Crippen LogP contribution in [0.5, 0.6) is 0 Å². The standard InChI is InChI=1S/C12H15BrN2O2/c13-10-4-2-9(3-5-10)8-12(11(16)17)6-1-7-14-15-12/h2-5,14-15H,1,6-8H2,(H,16,17). The Hall–Kier alpha value is -0.910. The summed E-state index contributed by atoms with van der Waals surface area (Å²) in [6.45, 7) is 0.815. The van der Waals surface area contributed by atoms with Crippen molar-refractivity contribution in [2.75, 3.05) is 6.54 Å². The molecule has 3 N–H and O–H groups in total. The summed E-state index contributed by atoms with van der Waals surface area (Å²) >= 11 is 3.37. The molecule has 4 nitrogen and oxygen atoms in total. The molecule has 1 aromatic carbocycles. The molecule has 0 bridgehead atoms. The van der Waals surface area contributed by atoms with Crippen LogP contribution in [0.2, 0.25) is 0 Å². The van der Waals surface area contributed by atoms with Gasteiger partial charge >= 0.3 is 5.97 Å². The van der Waals surface area contributed by atoms with Crippen LogP contribution in [0, 0.1) is 0 Å². The molecule has 2 rings (SSSR count). The molecule has 1 saturated heterocycles. The fraction of sp³-hybridized carbons (Fsp3) is 0.417. The van der Waals surface area contributed by atoms with E-state index in [2.05, 4.69) is 26.8 Å². The van der Waals surface area contributed by atoms with Gasteiger partial charge in [0, 0.05) is 17.4 Å². The Balaban J connectivity index is 2.17. The third-order valence-electron chi connectivity index (χ3n) is 3.06. The van der Waals surface area contributed by atoms with E-state index in [1.807, 2.05) is 24.3 Å². The number of nitrogens with one attached hydrogen (secondary N) is 2. The van der Waals surface area contributed by atoms with Crippen LogP contribution in [0.3, 0.4) is 0 Å². The molecule has 1 unspecified atom stereocenters. The fourth-order valence-electron chi connectivity index (χ4n) is 2.09. The van der Waals surface area contributed by atoms with Gasteiger partial charge in [0.15, 0.2) is 0 Å². The van der Waals surface area contributed by atoms with Gasteiger partial charge in [-0.2, -0.15) is 0 Å². The summed E-state index contributed by atoms with van der Waals surface area (Å²) in [5, 5.41) is 9.39. The van der Waals surface area contributed by atoms with Crippen molar-refractivity contribution in [3.63, 3.8) is 0 Å². The molecular weight excluding hydrogens is 284 g/mol. The van der Waals surface area contributed by atoms with Gasteiger partial charge < -0.3 is 5.11 Å². The number of hydrazine groups is 1. The van der Waals surface area contributed by atoms with Crippen molar-refractivity contribution >= 4 is 21.9 Å². The highest BCUT2D eigenvalue weighted by atomic mass is 79.9. The van der Waals surface area contributed by atoms with Crippen molar-refractivity contribution in [2.45, 2.75) is 24.8 Å². The normalized spacial score (nSPS) is 24.5. The van der Waals surface area contributed by atoms with E-state index in [1.54, 1.807) is 0 Å². The summed E-state index contributed by atoms with van der Waals surface area (Å²) in [7, 11) is 0. The third-order valence-corrected chi connectivity index (χ3v) is 3.59. The Bertz CT molecular complexity index is 399. The van der Waals surface area contributed by atoms with E-state index in [4.69, 9.17) is 0 Å². The Labute approximate surface area is 109 Å². The van der Waals surface area contributed by atoms with E-state index in [0.29, 0.717) is 12.8 Å². The van der Waals surface area contributed by atoms with Crippen LogP contribution in [0.15, 0.2) is 28.7 Å². The fourth-order valence-corrected chi connectivity index (χ4v) is 2.36. The van der Waals surface area contributed by atoms with Gasteiger partial charge in [-0.25, -0.2) is 5.43 Å². The maximum Gasteiger partial charge on any atom is 0.325 e. The van der Waals surface area contributed by atoms with Crippen LogP contribution in [0.1, 0.15) is 18.4 Å². The van der Waals surface area contributed by atoms with Crippen LogP contribution in [0.25, 0.3) is 0 Å². The molecule has 5 heteroatoms. The number of hydrogen-bond donors (Lipinski definition) is 3. The van der Waals surface area contributed by atoms with Crippen LogP contribution in [-0.2, 0) is 11.2 Å². The van der Waals surface area contributed by atoms with Gasteiger partial charge in [-0.15, -0.1) is 0 Å². The van der Waals surface area contributed by atoms with Gasteiger partial charge in [0.1, 0.15) is 5.54 Å². The summed E-state index contributed by atoms with van der Waals surface area (Å²) in [5.74, 6) is -0.799. The monoisotopic (exact) mass is 298 g/mol. The molecule has 1 heterocycles. The van der Waals surface area contributed by atoms with Crippen molar-refractivity contribution in [3.05, 3.63) is 34.3 Å². The zero-order chi connectivity index (χ0) is 12.3. The number of benzene rings is 1. The average molecular weight is 299 g/mol. The first-order valence-electron chi connectivity index (χ1n) is 5.60. The number of halogens is 1. The van der Waals surface area contributed by atoms with Crippen molar-refractivity contribution in [1.29, 1.82) is 0 Å². The minimum Gasteiger partial charge on any atom is -0.480 e. The third kappa shape index (κ3) is 2.86. The molecule has 1 aliphatic heterocycles. The minimum absolute atomic E-state index is 0.489. The van der Waals surface area contributed by atoms with E-state index in [0.717, 1.165) is 23.0 Å². The quantitative estimate of drug-likeness (QED) is 0.795. The maximum absolute atomic E-state index is 11.4. The Morgan fingerprint density at radius 1 is 1.41 bits per heavy atom. The number of carboxylic acids is 1. The topological polar surface area (TPSA) is 61.4 Å². The van der Waals surface area contributed by atoms with Gasteiger partial charge in [-0.1, -0.05) is 28.1 Å². The lowest BCUT2D eigenvalue weighted by Gasteiger charge is -2.34. The first-order chi connectivity index (χ1) is 8.12. The Kier molecular flexibility index (Phi) is 3.81. The van der Waals surface area contributed by atoms with Crippen LogP contribution < -0.4 is 10.9 Å². The van der Waals surface area contributed by atoms with Crippen molar-refractivity contribution < 1.29 is 9.90 Å². The smallest absolute Gasteiger partial charge is 0.325 e. The zero-order valence-corrected chi connectivity index (χ0v) is 11.0. The number of hydrogen-bond acceptors (Lipinski definition) is 3. The van der Waals surface area contributed by atoms with Gasteiger partial charge in [-0.05, 0) is 30.5 Å². The highest BCUT2D eigenvalue weighted by molar-refractivity contribution is 9.10. The predicted molar refractivity (Wildman–Crippen MR) is 68.6 cm³/mol. The molecule has 0 aromatic heterocycles. The van der Waals surface area contributed by atoms with Gasteiger partial charge in [0.25, 0.3) is 0 Å². The lowest BCUT2D eigenvalue weighted by molar-refractivity contribution is -0.146. The molecule has 0 aliphatic carbocycles. The second-order valence-electron chi connectivity index (χ2n) is 4.35. The molecule has 1 aromatic rings. The second-order valence-corrected chi connectivity index (χ2v) is 5.26. The van der Waals surface area contributed by atoms with Crippen molar-refractivity contribution in [1.82, 2.24) is 10.9 Å². The lowest BCUT2D eigenvalue weighted by Crippen LogP contribution is -2.62.